The van der Waals surface area contributed by atoms with Crippen LogP contribution in [0.2, 0.25) is 0 Å². The van der Waals surface area contributed by atoms with Gasteiger partial charge in [-0.2, -0.15) is 0 Å². The van der Waals surface area contributed by atoms with Crippen LogP contribution in [-0.4, -0.2) is 37.0 Å². The summed E-state index contributed by atoms with van der Waals surface area (Å²) in [5.41, 5.74) is 4.68. The van der Waals surface area contributed by atoms with E-state index in [4.69, 9.17) is 9.47 Å². The Morgan fingerprint density at radius 2 is 1.44 bits per heavy atom. The lowest BCUT2D eigenvalue weighted by Gasteiger charge is -2.56. The van der Waals surface area contributed by atoms with E-state index >= 15 is 0 Å². The van der Waals surface area contributed by atoms with E-state index < -0.39 is 17.3 Å². The molecule has 3 atom stereocenters. The summed E-state index contributed by atoms with van der Waals surface area (Å²) < 4.78 is 11.3. The van der Waals surface area contributed by atoms with Crippen LogP contribution in [0.15, 0.2) is 72.8 Å². The molecule has 5 nitrogen and oxygen atoms in total. The predicted octanol–water partition coefficient (Wildman–Crippen LogP) is 4.28. The Balaban J connectivity index is 1.54. The Bertz CT molecular complexity index is 1250. The standard InChI is InChI=1S/C29H27NO4/c1-17(33-2)29-22-10-6-4-8-20(22)24(21-9-5-7-11-23(21)29)25-26(29)28(32)30(27(25)31)16-18-12-14-19(34-3)15-13-18/h4-15,17,24-26H,16H2,1-3H3/t17-,24?,25-,26+,29?/m0/s1. The Hall–Kier alpha value is -3.44. The van der Waals surface area contributed by atoms with Crippen molar-refractivity contribution in [3.8, 4) is 5.75 Å². The number of amides is 2. The second-order valence-corrected chi connectivity index (χ2v) is 9.51. The molecule has 7 rings (SSSR count). The molecule has 0 radical (unpaired) electrons. The molecule has 3 aromatic rings. The lowest BCUT2D eigenvalue weighted by molar-refractivity contribution is -0.141. The predicted molar refractivity (Wildman–Crippen MR) is 128 cm³/mol. The van der Waals surface area contributed by atoms with Crippen LogP contribution in [0.3, 0.4) is 0 Å². The summed E-state index contributed by atoms with van der Waals surface area (Å²) in [6.45, 7) is 2.28. The quantitative estimate of drug-likeness (QED) is 0.542. The van der Waals surface area contributed by atoms with Gasteiger partial charge < -0.3 is 9.47 Å². The number of benzene rings is 3. The van der Waals surface area contributed by atoms with Gasteiger partial charge in [-0.3, -0.25) is 14.5 Å². The van der Waals surface area contributed by atoms with E-state index in [0.29, 0.717) is 0 Å². The highest BCUT2D eigenvalue weighted by Gasteiger charge is 2.69. The van der Waals surface area contributed by atoms with Gasteiger partial charge in [0.1, 0.15) is 5.75 Å². The average Bonchev–Trinajstić information content (AvgIpc) is 3.14. The molecule has 0 aromatic heterocycles. The lowest BCUT2D eigenvalue weighted by Crippen LogP contribution is -2.59. The van der Waals surface area contributed by atoms with E-state index in [9.17, 15) is 9.59 Å². The fourth-order valence-electron chi connectivity index (χ4n) is 6.84. The number of rotatable bonds is 5. The summed E-state index contributed by atoms with van der Waals surface area (Å²) in [7, 11) is 3.31. The number of ether oxygens (including phenoxy) is 2. The molecule has 4 aliphatic rings. The topological polar surface area (TPSA) is 55.8 Å². The largest absolute Gasteiger partial charge is 0.497 e. The van der Waals surface area contributed by atoms with Crippen molar-refractivity contribution >= 4 is 11.8 Å². The van der Waals surface area contributed by atoms with E-state index in [1.165, 1.54) is 4.90 Å². The maximum atomic E-state index is 14.1. The molecule has 2 amide bonds. The number of likely N-dealkylation sites (tertiary alicyclic amines) is 1. The van der Waals surface area contributed by atoms with Gasteiger partial charge in [0.15, 0.2) is 0 Å². The average molecular weight is 454 g/mol. The molecular formula is C29H27NO4. The highest BCUT2D eigenvalue weighted by Crippen LogP contribution is 2.65. The van der Waals surface area contributed by atoms with Gasteiger partial charge in [0, 0.05) is 13.0 Å². The van der Waals surface area contributed by atoms with E-state index in [1.54, 1.807) is 14.2 Å². The lowest BCUT2D eigenvalue weighted by atomic mass is 9.46. The van der Waals surface area contributed by atoms with Crippen LogP contribution >= 0.6 is 0 Å². The summed E-state index contributed by atoms with van der Waals surface area (Å²) in [5.74, 6) is -0.527. The van der Waals surface area contributed by atoms with E-state index in [-0.39, 0.29) is 30.4 Å². The van der Waals surface area contributed by atoms with Crippen LogP contribution in [-0.2, 0) is 26.3 Å². The maximum Gasteiger partial charge on any atom is 0.234 e. The fraction of sp³-hybridized carbons (Fsp3) is 0.310. The molecular weight excluding hydrogens is 426 g/mol. The van der Waals surface area contributed by atoms with Crippen LogP contribution in [0.1, 0.15) is 40.7 Å². The van der Waals surface area contributed by atoms with Crippen molar-refractivity contribution in [2.24, 2.45) is 11.8 Å². The van der Waals surface area contributed by atoms with Crippen LogP contribution < -0.4 is 4.74 Å². The summed E-state index contributed by atoms with van der Waals surface area (Å²) in [6, 6.07) is 24.1. The van der Waals surface area contributed by atoms with E-state index in [1.807, 2.05) is 55.5 Å². The Morgan fingerprint density at radius 3 is 2.00 bits per heavy atom. The Kier molecular flexibility index (Phi) is 4.68. The van der Waals surface area contributed by atoms with Gasteiger partial charge in [-0.25, -0.2) is 0 Å². The van der Waals surface area contributed by atoms with Gasteiger partial charge in [-0.05, 0) is 46.9 Å². The highest BCUT2D eigenvalue weighted by molar-refractivity contribution is 6.08. The summed E-state index contributed by atoms with van der Waals surface area (Å²) in [4.78, 5) is 29.6. The Labute approximate surface area is 199 Å². The van der Waals surface area contributed by atoms with E-state index in [2.05, 4.69) is 24.3 Å². The van der Waals surface area contributed by atoms with Crippen molar-refractivity contribution < 1.29 is 19.1 Å². The molecule has 172 valence electrons. The summed E-state index contributed by atoms with van der Waals surface area (Å²) >= 11 is 0. The molecule has 1 aliphatic heterocycles. The van der Waals surface area contributed by atoms with Crippen molar-refractivity contribution in [1.82, 2.24) is 4.90 Å². The fourth-order valence-corrected chi connectivity index (χ4v) is 6.84. The molecule has 34 heavy (non-hydrogen) atoms. The molecule has 0 spiro atoms. The molecule has 0 N–H and O–H groups in total. The molecule has 1 saturated heterocycles. The molecule has 0 unspecified atom stereocenters. The first-order valence-corrected chi connectivity index (χ1v) is 11.7. The van der Waals surface area contributed by atoms with Crippen molar-refractivity contribution in [2.75, 3.05) is 14.2 Å². The summed E-state index contributed by atoms with van der Waals surface area (Å²) in [5, 5.41) is 0. The number of nitrogens with zero attached hydrogens (tertiary/aromatic N) is 1. The second kappa shape index (κ2) is 7.54. The first-order valence-electron chi connectivity index (χ1n) is 11.7. The Morgan fingerprint density at radius 1 is 0.853 bits per heavy atom. The van der Waals surface area contributed by atoms with E-state index in [0.717, 1.165) is 33.6 Å². The smallest absolute Gasteiger partial charge is 0.234 e. The third-order valence-electron chi connectivity index (χ3n) is 8.27. The van der Waals surface area contributed by atoms with Gasteiger partial charge in [-0.1, -0.05) is 60.7 Å². The molecule has 1 heterocycles. The third kappa shape index (κ3) is 2.53. The number of hydrogen-bond acceptors (Lipinski definition) is 4. The van der Waals surface area contributed by atoms with Crippen molar-refractivity contribution in [2.45, 2.75) is 30.9 Å². The third-order valence-corrected chi connectivity index (χ3v) is 8.27. The number of imide groups is 1. The number of methoxy groups -OCH3 is 2. The van der Waals surface area contributed by atoms with Crippen molar-refractivity contribution in [3.63, 3.8) is 0 Å². The number of carbonyl (C=O) groups excluding carboxylic acids is 2. The monoisotopic (exact) mass is 453 g/mol. The minimum atomic E-state index is -0.719. The second-order valence-electron chi connectivity index (χ2n) is 9.51. The highest BCUT2D eigenvalue weighted by atomic mass is 16.5. The molecule has 2 bridgehead atoms. The first-order chi connectivity index (χ1) is 16.5. The minimum Gasteiger partial charge on any atom is -0.497 e. The van der Waals surface area contributed by atoms with Crippen LogP contribution in [0.25, 0.3) is 0 Å². The van der Waals surface area contributed by atoms with Gasteiger partial charge in [0.2, 0.25) is 11.8 Å². The van der Waals surface area contributed by atoms with Gasteiger partial charge in [0.05, 0.1) is 37.0 Å². The SMILES string of the molecule is COc1ccc(CN2C(=O)[C@H]3C4c5ccccc5C([C@H](C)OC)(c5ccccc54)[C@H]3C2=O)cc1. The zero-order valence-corrected chi connectivity index (χ0v) is 19.5. The molecule has 3 aromatic carbocycles. The van der Waals surface area contributed by atoms with Crippen LogP contribution in [0.5, 0.6) is 5.75 Å². The van der Waals surface area contributed by atoms with Crippen molar-refractivity contribution in [1.29, 1.82) is 0 Å². The van der Waals surface area contributed by atoms with Gasteiger partial charge in [0.25, 0.3) is 0 Å². The first kappa shape index (κ1) is 21.1. The molecule has 3 aliphatic carbocycles. The number of hydrogen-bond donors (Lipinski definition) is 0. The van der Waals surface area contributed by atoms with Crippen LogP contribution in [0, 0.1) is 11.8 Å². The van der Waals surface area contributed by atoms with Crippen LogP contribution in [0.4, 0.5) is 0 Å². The van der Waals surface area contributed by atoms with Gasteiger partial charge in [-0.15, -0.1) is 0 Å². The molecule has 5 heteroatoms. The molecule has 1 fully saturated rings. The zero-order valence-electron chi connectivity index (χ0n) is 19.5. The molecule has 0 saturated carbocycles. The summed E-state index contributed by atoms with van der Waals surface area (Å²) in [6.07, 6.45) is -0.291. The maximum absolute atomic E-state index is 14.1. The normalized spacial score (nSPS) is 27.3. The number of carbonyl (C=O) groups is 2. The zero-order chi connectivity index (χ0) is 23.6. The minimum absolute atomic E-state index is 0.0903. The van der Waals surface area contributed by atoms with Crippen molar-refractivity contribution in [3.05, 3.63) is 101 Å². The van der Waals surface area contributed by atoms with Gasteiger partial charge >= 0.3 is 0 Å².